The lowest BCUT2D eigenvalue weighted by atomic mass is 9.89. The second-order valence-corrected chi connectivity index (χ2v) is 7.86. The molecule has 1 nitrogen and oxygen atoms in total. The summed E-state index contributed by atoms with van der Waals surface area (Å²) in [5.41, 5.74) is 2.91. The van der Waals surface area contributed by atoms with E-state index >= 15 is 0 Å². The van der Waals surface area contributed by atoms with Gasteiger partial charge in [0.1, 0.15) is 5.83 Å². The maximum atomic E-state index is 14.7. The standard InChI is InChI=1S/C27H33F3O/c1-9-31-22(8)27(30)26(29)21(7)18(4)12-13-20(6)24-15-14-23(16-25(24)28)19(5)11-10-17(2)3/h11-13,16-17H,4,6-10,14-15H2,1-3,5H3/b13-12-,19-11+,27-26-. The van der Waals surface area contributed by atoms with E-state index in [0.29, 0.717) is 29.9 Å². The topological polar surface area (TPSA) is 9.23 Å². The van der Waals surface area contributed by atoms with Gasteiger partial charge in [0.2, 0.25) is 5.83 Å². The van der Waals surface area contributed by atoms with Gasteiger partial charge < -0.3 is 4.74 Å². The van der Waals surface area contributed by atoms with Crippen molar-refractivity contribution in [3.05, 3.63) is 107 Å². The van der Waals surface area contributed by atoms with Crippen LogP contribution in [0.15, 0.2) is 107 Å². The van der Waals surface area contributed by atoms with Crippen molar-refractivity contribution < 1.29 is 17.9 Å². The van der Waals surface area contributed by atoms with E-state index < -0.39 is 17.4 Å². The van der Waals surface area contributed by atoms with Crippen molar-refractivity contribution in [2.45, 2.75) is 47.0 Å². The van der Waals surface area contributed by atoms with Crippen molar-refractivity contribution in [2.75, 3.05) is 6.61 Å². The molecular weight excluding hydrogens is 397 g/mol. The summed E-state index contributed by atoms with van der Waals surface area (Å²) in [6, 6.07) is 0. The fourth-order valence-corrected chi connectivity index (χ4v) is 2.90. The van der Waals surface area contributed by atoms with Crippen LogP contribution in [0.3, 0.4) is 0 Å². The second-order valence-electron chi connectivity index (χ2n) is 7.86. The van der Waals surface area contributed by atoms with Crippen LogP contribution in [0.1, 0.15) is 47.0 Å². The van der Waals surface area contributed by atoms with E-state index in [0.717, 1.165) is 17.6 Å². The SMILES string of the molecule is C=C(/C=C\C(=C)C1=C(F)C=C(/C(C)=C/CC(C)C)CC1)C(=C)/C(F)=C(/F)C(=C)OCC. The Kier molecular flexibility index (Phi) is 10.3. The molecule has 1 aliphatic rings. The summed E-state index contributed by atoms with van der Waals surface area (Å²) >= 11 is 0. The number of hydrogen-bond acceptors (Lipinski definition) is 1. The van der Waals surface area contributed by atoms with Crippen molar-refractivity contribution in [3.8, 4) is 0 Å². The van der Waals surface area contributed by atoms with Crippen molar-refractivity contribution in [2.24, 2.45) is 5.92 Å². The van der Waals surface area contributed by atoms with Gasteiger partial charge in [-0.25, -0.2) is 8.78 Å². The maximum Gasteiger partial charge on any atom is 0.200 e. The summed E-state index contributed by atoms with van der Waals surface area (Å²) < 4.78 is 47.8. The molecule has 168 valence electrons. The third-order valence-corrected chi connectivity index (χ3v) is 4.92. The summed E-state index contributed by atoms with van der Waals surface area (Å²) in [5.74, 6) is -2.61. The highest BCUT2D eigenvalue weighted by atomic mass is 19.2. The van der Waals surface area contributed by atoms with E-state index in [1.165, 1.54) is 12.2 Å². The molecule has 1 aliphatic carbocycles. The van der Waals surface area contributed by atoms with Gasteiger partial charge in [-0.1, -0.05) is 64.0 Å². The van der Waals surface area contributed by atoms with Crippen LogP contribution in [0.2, 0.25) is 0 Å². The molecule has 0 saturated carbocycles. The van der Waals surface area contributed by atoms with E-state index in [-0.39, 0.29) is 23.6 Å². The van der Waals surface area contributed by atoms with Gasteiger partial charge >= 0.3 is 0 Å². The van der Waals surface area contributed by atoms with Crippen LogP contribution in [0.5, 0.6) is 0 Å². The molecule has 0 N–H and O–H groups in total. The minimum absolute atomic E-state index is 0.138. The van der Waals surface area contributed by atoms with Crippen LogP contribution in [0.25, 0.3) is 0 Å². The zero-order valence-corrected chi connectivity index (χ0v) is 19.1. The lowest BCUT2D eigenvalue weighted by Crippen LogP contribution is -2.00. The molecule has 0 radical (unpaired) electrons. The average Bonchev–Trinajstić information content (AvgIpc) is 2.73. The van der Waals surface area contributed by atoms with Crippen LogP contribution in [0, 0.1) is 5.92 Å². The molecule has 0 aromatic rings. The van der Waals surface area contributed by atoms with E-state index in [1.54, 1.807) is 13.0 Å². The van der Waals surface area contributed by atoms with E-state index in [1.807, 2.05) is 6.92 Å². The molecule has 0 bridgehead atoms. The normalized spacial score (nSPS) is 15.7. The molecular formula is C27H33F3O. The van der Waals surface area contributed by atoms with Crippen LogP contribution in [-0.2, 0) is 4.74 Å². The van der Waals surface area contributed by atoms with Crippen LogP contribution in [-0.4, -0.2) is 6.61 Å². The summed E-state index contributed by atoms with van der Waals surface area (Å²) in [7, 11) is 0. The van der Waals surface area contributed by atoms with Crippen molar-refractivity contribution in [1.29, 1.82) is 0 Å². The van der Waals surface area contributed by atoms with Crippen LogP contribution in [0.4, 0.5) is 13.2 Å². The second kappa shape index (κ2) is 12.2. The summed E-state index contributed by atoms with van der Waals surface area (Å²) in [6.07, 6.45) is 8.84. The molecule has 0 aliphatic heterocycles. The highest BCUT2D eigenvalue weighted by Gasteiger charge is 2.17. The van der Waals surface area contributed by atoms with Gasteiger partial charge in [0.15, 0.2) is 11.6 Å². The van der Waals surface area contributed by atoms with E-state index in [9.17, 15) is 13.2 Å². The molecule has 0 atom stereocenters. The van der Waals surface area contributed by atoms with Gasteiger partial charge in [0.25, 0.3) is 0 Å². The third-order valence-electron chi connectivity index (χ3n) is 4.92. The predicted octanol–water partition coefficient (Wildman–Crippen LogP) is 8.85. The zero-order chi connectivity index (χ0) is 23.7. The molecule has 31 heavy (non-hydrogen) atoms. The number of halogens is 3. The first-order chi connectivity index (χ1) is 14.5. The van der Waals surface area contributed by atoms with Gasteiger partial charge in [0, 0.05) is 5.57 Å². The van der Waals surface area contributed by atoms with Crippen molar-refractivity contribution >= 4 is 0 Å². The first kappa shape index (κ1) is 26.3. The molecule has 0 aromatic heterocycles. The monoisotopic (exact) mass is 430 g/mol. The number of allylic oxidation sites excluding steroid dienone is 13. The van der Waals surface area contributed by atoms with Gasteiger partial charge in [-0.2, -0.15) is 4.39 Å². The van der Waals surface area contributed by atoms with Crippen LogP contribution >= 0.6 is 0 Å². The zero-order valence-electron chi connectivity index (χ0n) is 19.1. The predicted molar refractivity (Wildman–Crippen MR) is 125 cm³/mol. The van der Waals surface area contributed by atoms with Crippen molar-refractivity contribution in [1.82, 2.24) is 0 Å². The van der Waals surface area contributed by atoms with E-state index in [4.69, 9.17) is 4.74 Å². The van der Waals surface area contributed by atoms with E-state index in [2.05, 4.69) is 46.2 Å². The molecule has 0 fully saturated rings. The Hall–Kier alpha value is -2.75. The first-order valence-corrected chi connectivity index (χ1v) is 10.4. The molecule has 0 amide bonds. The Morgan fingerprint density at radius 2 is 1.74 bits per heavy atom. The Bertz CT molecular complexity index is 905. The quantitative estimate of drug-likeness (QED) is 0.235. The Labute approximate surface area is 185 Å². The minimum Gasteiger partial charge on any atom is -0.491 e. The minimum atomic E-state index is -1.22. The Morgan fingerprint density at radius 3 is 2.29 bits per heavy atom. The molecule has 0 saturated heterocycles. The summed E-state index contributed by atoms with van der Waals surface area (Å²) in [5, 5.41) is 0. The molecule has 0 unspecified atom stereocenters. The number of ether oxygens (including phenoxy) is 1. The smallest absolute Gasteiger partial charge is 0.200 e. The first-order valence-electron chi connectivity index (χ1n) is 10.4. The number of rotatable bonds is 11. The lowest BCUT2D eigenvalue weighted by Gasteiger charge is -2.18. The maximum absolute atomic E-state index is 14.7. The fraction of sp³-hybridized carbons (Fsp3) is 0.333. The third kappa shape index (κ3) is 7.78. The molecule has 0 aromatic carbocycles. The Balaban J connectivity index is 2.93. The average molecular weight is 431 g/mol. The van der Waals surface area contributed by atoms with Gasteiger partial charge in [-0.3, -0.25) is 0 Å². The van der Waals surface area contributed by atoms with Gasteiger partial charge in [0.05, 0.1) is 6.61 Å². The fourth-order valence-electron chi connectivity index (χ4n) is 2.90. The molecule has 0 spiro atoms. The highest BCUT2D eigenvalue weighted by Crippen LogP contribution is 2.33. The number of hydrogen-bond donors (Lipinski definition) is 0. The molecule has 1 rings (SSSR count). The molecule has 0 heterocycles. The Morgan fingerprint density at radius 1 is 1.10 bits per heavy atom. The summed E-state index contributed by atoms with van der Waals surface area (Å²) in [6.45, 7) is 22.6. The molecule has 4 heteroatoms. The lowest BCUT2D eigenvalue weighted by molar-refractivity contribution is 0.224. The van der Waals surface area contributed by atoms with Crippen molar-refractivity contribution in [3.63, 3.8) is 0 Å². The largest absolute Gasteiger partial charge is 0.491 e. The van der Waals surface area contributed by atoms with Gasteiger partial charge in [-0.05, 0) is 67.4 Å². The highest BCUT2D eigenvalue weighted by molar-refractivity contribution is 5.53. The van der Waals surface area contributed by atoms with Crippen LogP contribution < -0.4 is 0 Å². The van der Waals surface area contributed by atoms with Gasteiger partial charge in [-0.15, -0.1) is 0 Å². The summed E-state index contributed by atoms with van der Waals surface area (Å²) in [4.78, 5) is 0.